The molecule has 8 heteroatoms. The predicted octanol–water partition coefficient (Wildman–Crippen LogP) is 3.08. The first-order valence-electron chi connectivity index (χ1n) is 8.78. The van der Waals surface area contributed by atoms with Crippen molar-refractivity contribution in [2.45, 2.75) is 37.1 Å². The van der Waals surface area contributed by atoms with Crippen molar-refractivity contribution in [3.8, 4) is 0 Å². The third kappa shape index (κ3) is 3.86. The lowest BCUT2D eigenvalue weighted by molar-refractivity contribution is 0.102. The molecule has 3 aromatic rings. The molecular weight excluding hydrogens is 366 g/mol. The number of hydrogen-bond donors (Lipinski definition) is 2. The van der Waals surface area contributed by atoms with E-state index in [0.29, 0.717) is 29.1 Å². The molecule has 1 amide bonds. The van der Waals surface area contributed by atoms with Gasteiger partial charge in [0.25, 0.3) is 5.91 Å². The summed E-state index contributed by atoms with van der Waals surface area (Å²) in [6.07, 6.45) is 2.39. The van der Waals surface area contributed by atoms with E-state index in [4.69, 9.17) is 4.42 Å². The third-order valence-electron chi connectivity index (χ3n) is 4.30. The van der Waals surface area contributed by atoms with Crippen molar-refractivity contribution in [3.63, 3.8) is 0 Å². The average molecular weight is 385 g/mol. The number of amides is 1. The summed E-state index contributed by atoms with van der Waals surface area (Å²) in [6.45, 7) is 1.95. The monoisotopic (exact) mass is 385 g/mol. The van der Waals surface area contributed by atoms with Gasteiger partial charge < -0.3 is 9.73 Å². The average Bonchev–Trinajstić information content (AvgIpc) is 3.36. The lowest BCUT2D eigenvalue weighted by Gasteiger charge is -2.08. The molecule has 2 aromatic carbocycles. The van der Waals surface area contributed by atoms with Crippen molar-refractivity contribution in [1.29, 1.82) is 0 Å². The quantitative estimate of drug-likeness (QED) is 0.679. The fraction of sp³-hybridized carbons (Fsp3) is 0.263. The summed E-state index contributed by atoms with van der Waals surface area (Å²) in [4.78, 5) is 17.0. The largest absolute Gasteiger partial charge is 0.441 e. The first kappa shape index (κ1) is 17.7. The van der Waals surface area contributed by atoms with Gasteiger partial charge in [-0.25, -0.2) is 18.1 Å². The Labute approximate surface area is 156 Å². The second kappa shape index (κ2) is 6.79. The van der Waals surface area contributed by atoms with E-state index in [-0.39, 0.29) is 16.5 Å². The van der Waals surface area contributed by atoms with E-state index < -0.39 is 15.9 Å². The fourth-order valence-corrected chi connectivity index (χ4v) is 4.05. The fourth-order valence-electron chi connectivity index (χ4n) is 2.70. The molecule has 1 aliphatic rings. The number of carbonyl (C=O) groups excluding carboxylic acids is 1. The van der Waals surface area contributed by atoms with Crippen LogP contribution in [-0.4, -0.2) is 25.4 Å². The van der Waals surface area contributed by atoms with E-state index >= 15 is 0 Å². The lowest BCUT2D eigenvalue weighted by atomic mass is 10.2. The topological polar surface area (TPSA) is 101 Å². The number of nitrogens with one attached hydrogen (secondary N) is 2. The molecule has 4 rings (SSSR count). The van der Waals surface area contributed by atoms with Crippen LogP contribution < -0.4 is 10.0 Å². The molecule has 1 aromatic heterocycles. The first-order valence-corrected chi connectivity index (χ1v) is 10.3. The smallest absolute Gasteiger partial charge is 0.255 e. The summed E-state index contributed by atoms with van der Waals surface area (Å²) in [5, 5.41) is 2.77. The van der Waals surface area contributed by atoms with Crippen molar-refractivity contribution in [1.82, 2.24) is 9.71 Å². The lowest BCUT2D eigenvalue weighted by Crippen LogP contribution is -2.26. The third-order valence-corrected chi connectivity index (χ3v) is 5.82. The van der Waals surface area contributed by atoms with Gasteiger partial charge in [-0.3, -0.25) is 4.79 Å². The second-order valence-corrected chi connectivity index (χ2v) is 8.24. The SMILES string of the molecule is CCc1nc2cc(NC(=O)c3cccc(S(=O)(=O)NC4CC4)c3)ccc2o1. The molecule has 0 radical (unpaired) electrons. The Morgan fingerprint density at radius 2 is 2.04 bits per heavy atom. The zero-order valence-corrected chi connectivity index (χ0v) is 15.5. The van der Waals surface area contributed by atoms with Crippen LogP contribution in [0.25, 0.3) is 11.1 Å². The zero-order valence-electron chi connectivity index (χ0n) is 14.7. The summed E-state index contributed by atoms with van der Waals surface area (Å²) in [6, 6.07) is 11.2. The highest BCUT2D eigenvalue weighted by Gasteiger charge is 2.28. The molecule has 0 aliphatic heterocycles. The van der Waals surface area contributed by atoms with Crippen LogP contribution in [-0.2, 0) is 16.4 Å². The molecule has 7 nitrogen and oxygen atoms in total. The molecule has 0 atom stereocenters. The van der Waals surface area contributed by atoms with Crippen molar-refractivity contribution in [2.24, 2.45) is 0 Å². The van der Waals surface area contributed by atoms with Crippen LogP contribution >= 0.6 is 0 Å². The summed E-state index contributed by atoms with van der Waals surface area (Å²) in [5.74, 6) is 0.242. The van der Waals surface area contributed by atoms with Crippen LogP contribution in [0.1, 0.15) is 36.0 Å². The Hall–Kier alpha value is -2.71. The maximum Gasteiger partial charge on any atom is 0.255 e. The van der Waals surface area contributed by atoms with Crippen LogP contribution in [0, 0.1) is 0 Å². The van der Waals surface area contributed by atoms with E-state index in [2.05, 4.69) is 15.0 Å². The van der Waals surface area contributed by atoms with Gasteiger partial charge in [0.15, 0.2) is 11.5 Å². The van der Waals surface area contributed by atoms with Gasteiger partial charge in [0.05, 0.1) is 4.90 Å². The van der Waals surface area contributed by atoms with Gasteiger partial charge in [-0.2, -0.15) is 0 Å². The molecule has 2 N–H and O–H groups in total. The minimum Gasteiger partial charge on any atom is -0.441 e. The van der Waals surface area contributed by atoms with Gasteiger partial charge in [0.1, 0.15) is 5.52 Å². The summed E-state index contributed by atoms with van der Waals surface area (Å²) >= 11 is 0. The van der Waals surface area contributed by atoms with Gasteiger partial charge in [0, 0.05) is 23.7 Å². The van der Waals surface area contributed by atoms with Crippen molar-refractivity contribution >= 4 is 32.7 Å². The molecular formula is C19H19N3O4S. The van der Waals surface area contributed by atoms with Crippen LogP contribution in [0.4, 0.5) is 5.69 Å². The normalized spacial score (nSPS) is 14.4. The maximum absolute atomic E-state index is 12.6. The number of rotatable bonds is 6. The van der Waals surface area contributed by atoms with Crippen molar-refractivity contribution in [3.05, 3.63) is 53.9 Å². The van der Waals surface area contributed by atoms with Crippen LogP contribution in [0.15, 0.2) is 51.8 Å². The highest BCUT2D eigenvalue weighted by molar-refractivity contribution is 7.89. The number of benzene rings is 2. The first-order chi connectivity index (χ1) is 12.9. The maximum atomic E-state index is 12.6. The minimum atomic E-state index is -3.61. The molecule has 1 heterocycles. The standard InChI is InChI=1S/C19H19N3O4S/c1-2-18-21-16-11-14(8-9-17(16)26-18)20-19(23)12-4-3-5-15(10-12)27(24,25)22-13-6-7-13/h3-5,8-11,13,22H,2,6-7H2,1H3,(H,20,23). The molecule has 1 fully saturated rings. The Balaban J connectivity index is 1.55. The summed E-state index contributed by atoms with van der Waals surface area (Å²) in [5.41, 5.74) is 2.15. The number of hydrogen-bond acceptors (Lipinski definition) is 5. The molecule has 0 spiro atoms. The Bertz CT molecular complexity index is 1120. The summed E-state index contributed by atoms with van der Waals surface area (Å²) < 4.78 is 32.8. The highest BCUT2D eigenvalue weighted by atomic mass is 32.2. The molecule has 0 saturated heterocycles. The van der Waals surface area contributed by atoms with E-state index in [0.717, 1.165) is 12.8 Å². The van der Waals surface area contributed by atoms with Gasteiger partial charge in [-0.15, -0.1) is 0 Å². The minimum absolute atomic E-state index is 0.00896. The Morgan fingerprint density at radius 3 is 2.78 bits per heavy atom. The van der Waals surface area contributed by atoms with E-state index in [9.17, 15) is 13.2 Å². The molecule has 1 aliphatic carbocycles. The number of sulfonamides is 1. The van der Waals surface area contributed by atoms with Gasteiger partial charge in [0.2, 0.25) is 10.0 Å². The number of oxazole rings is 1. The number of fused-ring (bicyclic) bond motifs is 1. The Morgan fingerprint density at radius 1 is 1.22 bits per heavy atom. The predicted molar refractivity (Wildman–Crippen MR) is 101 cm³/mol. The highest BCUT2D eigenvalue weighted by Crippen LogP contribution is 2.23. The molecule has 0 unspecified atom stereocenters. The van der Waals surface area contributed by atoms with Gasteiger partial charge in [-0.05, 0) is 49.2 Å². The van der Waals surface area contributed by atoms with E-state index in [1.165, 1.54) is 12.1 Å². The van der Waals surface area contributed by atoms with Crippen LogP contribution in [0.2, 0.25) is 0 Å². The number of anilines is 1. The molecule has 1 saturated carbocycles. The van der Waals surface area contributed by atoms with Gasteiger partial charge >= 0.3 is 0 Å². The Kier molecular flexibility index (Phi) is 4.45. The van der Waals surface area contributed by atoms with E-state index in [1.54, 1.807) is 30.3 Å². The van der Waals surface area contributed by atoms with Crippen LogP contribution in [0.5, 0.6) is 0 Å². The van der Waals surface area contributed by atoms with Crippen molar-refractivity contribution in [2.75, 3.05) is 5.32 Å². The number of carbonyl (C=O) groups is 1. The molecule has 27 heavy (non-hydrogen) atoms. The second-order valence-electron chi connectivity index (χ2n) is 6.52. The number of aryl methyl sites for hydroxylation is 1. The zero-order chi connectivity index (χ0) is 19.0. The number of aromatic nitrogens is 1. The van der Waals surface area contributed by atoms with Crippen molar-refractivity contribution < 1.29 is 17.6 Å². The van der Waals surface area contributed by atoms with E-state index in [1.807, 2.05) is 6.92 Å². The summed E-state index contributed by atoms with van der Waals surface area (Å²) in [7, 11) is -3.61. The molecule has 0 bridgehead atoms. The molecule has 140 valence electrons. The van der Waals surface area contributed by atoms with Crippen LogP contribution in [0.3, 0.4) is 0 Å². The van der Waals surface area contributed by atoms with Gasteiger partial charge in [-0.1, -0.05) is 13.0 Å². The number of nitrogens with zero attached hydrogens (tertiary/aromatic N) is 1.